The SMILES string of the molecule is CN=C(NCC(CC(C)C)N1CCOCC1)NC(C)C.I. The van der Waals surface area contributed by atoms with E-state index in [1.807, 2.05) is 7.05 Å². The molecule has 1 rings (SSSR count). The molecule has 1 atom stereocenters. The summed E-state index contributed by atoms with van der Waals surface area (Å²) < 4.78 is 5.46. The first kappa shape index (κ1) is 20.9. The molecule has 21 heavy (non-hydrogen) atoms. The molecule has 0 aromatic heterocycles. The number of guanidine groups is 1. The Morgan fingerprint density at radius 2 is 1.81 bits per heavy atom. The van der Waals surface area contributed by atoms with E-state index in [2.05, 4.69) is 48.2 Å². The van der Waals surface area contributed by atoms with Crippen LogP contribution in [0.3, 0.4) is 0 Å². The lowest BCUT2D eigenvalue weighted by Gasteiger charge is -2.36. The lowest BCUT2D eigenvalue weighted by atomic mass is 10.0. The van der Waals surface area contributed by atoms with Crippen molar-refractivity contribution in [2.75, 3.05) is 39.9 Å². The summed E-state index contributed by atoms with van der Waals surface area (Å²) in [5.41, 5.74) is 0. The van der Waals surface area contributed by atoms with E-state index < -0.39 is 0 Å². The first-order chi connectivity index (χ1) is 9.52. The molecule has 1 heterocycles. The summed E-state index contributed by atoms with van der Waals surface area (Å²) in [6.45, 7) is 13.5. The van der Waals surface area contributed by atoms with E-state index in [9.17, 15) is 0 Å². The molecule has 2 N–H and O–H groups in total. The van der Waals surface area contributed by atoms with Crippen LogP contribution in [0.5, 0.6) is 0 Å². The summed E-state index contributed by atoms with van der Waals surface area (Å²) in [7, 11) is 1.82. The Kier molecular flexibility index (Phi) is 11.4. The topological polar surface area (TPSA) is 48.9 Å². The van der Waals surface area contributed by atoms with Crippen LogP contribution >= 0.6 is 24.0 Å². The fourth-order valence-corrected chi connectivity index (χ4v) is 2.53. The molecular formula is C15H33IN4O. The van der Waals surface area contributed by atoms with Crippen LogP contribution in [-0.2, 0) is 4.74 Å². The summed E-state index contributed by atoms with van der Waals surface area (Å²) in [6.07, 6.45) is 1.20. The quantitative estimate of drug-likeness (QED) is 0.398. The monoisotopic (exact) mass is 412 g/mol. The second kappa shape index (κ2) is 11.5. The molecule has 5 nitrogen and oxygen atoms in total. The number of hydrogen-bond donors (Lipinski definition) is 2. The maximum Gasteiger partial charge on any atom is 0.191 e. The largest absolute Gasteiger partial charge is 0.379 e. The van der Waals surface area contributed by atoms with E-state index in [1.54, 1.807) is 0 Å². The standard InChI is InChI=1S/C15H32N4O.HI/c1-12(2)10-14(19-6-8-20-9-7-19)11-17-15(16-5)18-13(3)4;/h12-14H,6-11H2,1-5H3,(H2,16,17,18);1H. The Balaban J connectivity index is 0.00000400. The van der Waals surface area contributed by atoms with Gasteiger partial charge in [-0.3, -0.25) is 9.89 Å². The average molecular weight is 412 g/mol. The van der Waals surface area contributed by atoms with Crippen LogP contribution in [0.15, 0.2) is 4.99 Å². The maximum absolute atomic E-state index is 5.46. The molecule has 1 aliphatic heterocycles. The molecule has 1 unspecified atom stereocenters. The van der Waals surface area contributed by atoms with Gasteiger partial charge in [-0.2, -0.15) is 0 Å². The van der Waals surface area contributed by atoms with E-state index in [-0.39, 0.29) is 24.0 Å². The number of morpholine rings is 1. The van der Waals surface area contributed by atoms with Gasteiger partial charge in [0.15, 0.2) is 5.96 Å². The van der Waals surface area contributed by atoms with Crippen LogP contribution in [-0.4, -0.2) is 62.8 Å². The zero-order chi connectivity index (χ0) is 15.0. The van der Waals surface area contributed by atoms with Gasteiger partial charge in [-0.15, -0.1) is 24.0 Å². The van der Waals surface area contributed by atoms with Gasteiger partial charge in [-0.25, -0.2) is 0 Å². The van der Waals surface area contributed by atoms with Crippen molar-refractivity contribution in [3.63, 3.8) is 0 Å². The van der Waals surface area contributed by atoms with Crippen molar-refractivity contribution in [1.29, 1.82) is 0 Å². The fourth-order valence-electron chi connectivity index (χ4n) is 2.53. The van der Waals surface area contributed by atoms with Crippen molar-refractivity contribution >= 4 is 29.9 Å². The number of nitrogens with zero attached hydrogens (tertiary/aromatic N) is 2. The van der Waals surface area contributed by atoms with Crippen LogP contribution in [0.4, 0.5) is 0 Å². The highest BCUT2D eigenvalue weighted by Gasteiger charge is 2.22. The Labute approximate surface area is 147 Å². The molecule has 6 heteroatoms. The van der Waals surface area contributed by atoms with E-state index in [0.29, 0.717) is 18.0 Å². The van der Waals surface area contributed by atoms with Gasteiger partial charge >= 0.3 is 0 Å². The van der Waals surface area contributed by atoms with Gasteiger partial charge in [-0.1, -0.05) is 13.8 Å². The lowest BCUT2D eigenvalue weighted by Crippen LogP contribution is -2.51. The van der Waals surface area contributed by atoms with Gasteiger partial charge in [0.25, 0.3) is 0 Å². The van der Waals surface area contributed by atoms with Gasteiger partial charge in [0.2, 0.25) is 0 Å². The number of aliphatic imine (C=N–C) groups is 1. The van der Waals surface area contributed by atoms with Gasteiger partial charge in [0.05, 0.1) is 13.2 Å². The van der Waals surface area contributed by atoms with Crippen molar-refractivity contribution in [3.8, 4) is 0 Å². The molecule has 1 fully saturated rings. The van der Waals surface area contributed by atoms with E-state index in [0.717, 1.165) is 38.8 Å². The molecule has 0 radical (unpaired) electrons. The highest BCUT2D eigenvalue weighted by molar-refractivity contribution is 14.0. The Hall–Kier alpha value is -0.0800. The molecule has 126 valence electrons. The van der Waals surface area contributed by atoms with Gasteiger partial charge in [0.1, 0.15) is 0 Å². The summed E-state index contributed by atoms with van der Waals surface area (Å²) >= 11 is 0. The summed E-state index contributed by atoms with van der Waals surface area (Å²) in [5.74, 6) is 1.59. The van der Waals surface area contributed by atoms with Crippen LogP contribution in [0.25, 0.3) is 0 Å². The minimum atomic E-state index is 0. The molecule has 0 aromatic rings. The molecule has 1 aliphatic rings. The maximum atomic E-state index is 5.46. The Morgan fingerprint density at radius 1 is 1.19 bits per heavy atom. The Bertz CT molecular complexity index is 291. The van der Waals surface area contributed by atoms with Crippen molar-refractivity contribution in [3.05, 3.63) is 0 Å². The molecule has 0 aromatic carbocycles. The minimum absolute atomic E-state index is 0. The molecule has 0 saturated carbocycles. The van der Waals surface area contributed by atoms with Crippen molar-refractivity contribution in [1.82, 2.24) is 15.5 Å². The third-order valence-corrected chi connectivity index (χ3v) is 3.46. The van der Waals surface area contributed by atoms with Gasteiger partial charge in [-0.05, 0) is 26.2 Å². The van der Waals surface area contributed by atoms with Crippen molar-refractivity contribution in [2.45, 2.75) is 46.2 Å². The van der Waals surface area contributed by atoms with Gasteiger partial charge in [0, 0.05) is 38.8 Å². The van der Waals surface area contributed by atoms with Crippen LogP contribution in [0.2, 0.25) is 0 Å². The highest BCUT2D eigenvalue weighted by atomic mass is 127. The minimum Gasteiger partial charge on any atom is -0.379 e. The third kappa shape index (κ3) is 8.83. The summed E-state index contributed by atoms with van der Waals surface area (Å²) in [4.78, 5) is 6.82. The van der Waals surface area contributed by atoms with Crippen molar-refractivity contribution in [2.24, 2.45) is 10.9 Å². The molecule has 0 aliphatic carbocycles. The highest BCUT2D eigenvalue weighted by Crippen LogP contribution is 2.12. The fraction of sp³-hybridized carbons (Fsp3) is 0.933. The number of halogens is 1. The van der Waals surface area contributed by atoms with Crippen LogP contribution in [0, 0.1) is 5.92 Å². The molecule has 0 amide bonds. The average Bonchev–Trinajstić information content (AvgIpc) is 2.42. The summed E-state index contributed by atoms with van der Waals surface area (Å²) in [6, 6.07) is 0.942. The second-order valence-corrected chi connectivity index (χ2v) is 6.18. The summed E-state index contributed by atoms with van der Waals surface area (Å²) in [5, 5.41) is 6.80. The zero-order valence-corrected chi connectivity index (χ0v) is 16.5. The van der Waals surface area contributed by atoms with E-state index in [1.165, 1.54) is 6.42 Å². The Morgan fingerprint density at radius 3 is 2.29 bits per heavy atom. The van der Waals surface area contributed by atoms with Crippen molar-refractivity contribution < 1.29 is 4.74 Å². The second-order valence-electron chi connectivity index (χ2n) is 6.18. The normalized spacial score (nSPS) is 18.5. The van der Waals surface area contributed by atoms with Gasteiger partial charge < -0.3 is 15.4 Å². The van der Waals surface area contributed by atoms with Crippen LogP contribution in [0.1, 0.15) is 34.1 Å². The van der Waals surface area contributed by atoms with Crippen LogP contribution < -0.4 is 10.6 Å². The van der Waals surface area contributed by atoms with E-state index in [4.69, 9.17) is 4.74 Å². The molecule has 0 spiro atoms. The third-order valence-electron chi connectivity index (χ3n) is 3.46. The number of nitrogens with one attached hydrogen (secondary N) is 2. The number of rotatable bonds is 6. The molecule has 1 saturated heterocycles. The molecular weight excluding hydrogens is 379 g/mol. The first-order valence-corrected chi connectivity index (χ1v) is 7.82. The van der Waals surface area contributed by atoms with E-state index >= 15 is 0 Å². The number of hydrogen-bond acceptors (Lipinski definition) is 3. The predicted octanol–water partition coefficient (Wildman–Crippen LogP) is 1.92. The zero-order valence-electron chi connectivity index (χ0n) is 14.2. The predicted molar refractivity (Wildman–Crippen MR) is 101 cm³/mol. The smallest absolute Gasteiger partial charge is 0.191 e. The first-order valence-electron chi connectivity index (χ1n) is 7.82. The molecule has 0 bridgehead atoms. The number of ether oxygens (including phenoxy) is 1. The lowest BCUT2D eigenvalue weighted by molar-refractivity contribution is 0.0132.